The molecule has 0 aromatic rings. The second-order valence-electron chi connectivity index (χ2n) is 3.28. The van der Waals surface area contributed by atoms with E-state index in [0.717, 1.165) is 0 Å². The van der Waals surface area contributed by atoms with Gasteiger partial charge in [0.25, 0.3) is 0 Å². The van der Waals surface area contributed by atoms with Crippen LogP contribution in [0.25, 0.3) is 0 Å². The first-order chi connectivity index (χ1) is 6.59. The monoisotopic (exact) mass is 200 g/mol. The molecular formula is C10H16O4. The topological polar surface area (TPSA) is 44.8 Å². The van der Waals surface area contributed by atoms with Crippen LogP contribution in [0.15, 0.2) is 11.8 Å². The number of carbonyl (C=O) groups is 1. The van der Waals surface area contributed by atoms with E-state index in [4.69, 9.17) is 9.47 Å². The summed E-state index contributed by atoms with van der Waals surface area (Å²) < 4.78 is 15.4. The van der Waals surface area contributed by atoms with Crippen molar-refractivity contribution in [1.82, 2.24) is 0 Å². The van der Waals surface area contributed by atoms with Crippen LogP contribution in [0.5, 0.6) is 0 Å². The van der Waals surface area contributed by atoms with Gasteiger partial charge in [-0.05, 0) is 6.08 Å². The Labute approximate surface area is 83.8 Å². The average molecular weight is 200 g/mol. The summed E-state index contributed by atoms with van der Waals surface area (Å²) in [6, 6.07) is 0. The molecule has 0 amide bonds. The summed E-state index contributed by atoms with van der Waals surface area (Å²) in [5.41, 5.74) is 0. The summed E-state index contributed by atoms with van der Waals surface area (Å²) in [6.07, 6.45) is 2.42. The maximum absolute atomic E-state index is 11.2. The molecule has 0 aromatic heterocycles. The molecule has 1 aliphatic rings. The Morgan fingerprint density at radius 3 is 2.64 bits per heavy atom. The van der Waals surface area contributed by atoms with E-state index in [0.29, 0.717) is 6.42 Å². The lowest BCUT2D eigenvalue weighted by molar-refractivity contribution is -0.210. The predicted octanol–water partition coefficient (Wildman–Crippen LogP) is 1.46. The van der Waals surface area contributed by atoms with Crippen LogP contribution in [-0.4, -0.2) is 26.0 Å². The lowest BCUT2D eigenvalue weighted by atomic mass is 10.00. The molecule has 0 spiro atoms. The van der Waals surface area contributed by atoms with E-state index in [1.165, 1.54) is 7.11 Å². The van der Waals surface area contributed by atoms with Crippen LogP contribution < -0.4 is 0 Å². The van der Waals surface area contributed by atoms with E-state index < -0.39 is 11.8 Å². The van der Waals surface area contributed by atoms with Gasteiger partial charge in [-0.1, -0.05) is 13.8 Å². The Balaban J connectivity index is 2.81. The number of hydrogen-bond acceptors (Lipinski definition) is 4. The van der Waals surface area contributed by atoms with Gasteiger partial charge in [-0.3, -0.25) is 0 Å². The molecule has 4 nitrogen and oxygen atoms in total. The molecule has 2 unspecified atom stereocenters. The highest BCUT2D eigenvalue weighted by molar-refractivity contribution is 5.86. The molecule has 0 radical (unpaired) electrons. The van der Waals surface area contributed by atoms with Gasteiger partial charge >= 0.3 is 5.97 Å². The van der Waals surface area contributed by atoms with Gasteiger partial charge in [0.05, 0.1) is 7.11 Å². The molecule has 1 rings (SSSR count). The molecule has 0 aliphatic carbocycles. The smallest absolute Gasteiger partial charge is 0.373 e. The lowest BCUT2D eigenvalue weighted by Crippen LogP contribution is -2.36. The van der Waals surface area contributed by atoms with Crippen LogP contribution in [0.1, 0.15) is 20.3 Å². The van der Waals surface area contributed by atoms with Crippen molar-refractivity contribution in [3.8, 4) is 0 Å². The molecule has 14 heavy (non-hydrogen) atoms. The van der Waals surface area contributed by atoms with Crippen LogP contribution >= 0.6 is 0 Å². The summed E-state index contributed by atoms with van der Waals surface area (Å²) in [5.74, 6) is -0.872. The summed E-state index contributed by atoms with van der Waals surface area (Å²) in [7, 11) is 2.91. The van der Waals surface area contributed by atoms with E-state index in [9.17, 15) is 4.79 Å². The molecule has 0 aromatic carbocycles. The molecule has 1 heterocycles. The van der Waals surface area contributed by atoms with E-state index in [1.807, 2.05) is 13.8 Å². The van der Waals surface area contributed by atoms with Gasteiger partial charge in [0.2, 0.25) is 11.5 Å². The number of hydrogen-bond donors (Lipinski definition) is 0. The maximum atomic E-state index is 11.2. The molecule has 0 N–H and O–H groups in total. The van der Waals surface area contributed by atoms with Gasteiger partial charge in [0, 0.05) is 19.4 Å². The Hall–Kier alpha value is -1.03. The van der Waals surface area contributed by atoms with Gasteiger partial charge in [-0.2, -0.15) is 0 Å². The van der Waals surface area contributed by atoms with Crippen LogP contribution in [0.3, 0.4) is 0 Å². The third-order valence-corrected chi connectivity index (χ3v) is 2.60. The fourth-order valence-electron chi connectivity index (χ4n) is 1.64. The Bertz CT molecular complexity index is 253. The minimum Gasteiger partial charge on any atom is -0.463 e. The Morgan fingerprint density at radius 2 is 2.29 bits per heavy atom. The largest absolute Gasteiger partial charge is 0.463 e. The molecule has 0 bridgehead atoms. The molecule has 4 heteroatoms. The zero-order valence-electron chi connectivity index (χ0n) is 8.99. The number of methoxy groups -OCH3 is 2. The first-order valence-electron chi connectivity index (χ1n) is 4.64. The van der Waals surface area contributed by atoms with Crippen molar-refractivity contribution in [1.29, 1.82) is 0 Å². The molecule has 0 saturated carbocycles. The zero-order valence-corrected chi connectivity index (χ0v) is 8.99. The average Bonchev–Trinajstić information content (AvgIpc) is 2.55. The van der Waals surface area contributed by atoms with Gasteiger partial charge < -0.3 is 14.2 Å². The highest BCUT2D eigenvalue weighted by Gasteiger charge is 2.43. The summed E-state index contributed by atoms with van der Waals surface area (Å²) in [5, 5.41) is 0. The van der Waals surface area contributed by atoms with E-state index in [-0.39, 0.29) is 11.7 Å². The fourth-order valence-corrected chi connectivity index (χ4v) is 1.64. The molecule has 80 valence electrons. The molecule has 0 fully saturated rings. The highest BCUT2D eigenvalue weighted by Crippen LogP contribution is 2.37. The van der Waals surface area contributed by atoms with Crippen molar-refractivity contribution in [3.63, 3.8) is 0 Å². The van der Waals surface area contributed by atoms with Gasteiger partial charge in [0.15, 0.2) is 0 Å². The van der Waals surface area contributed by atoms with Crippen molar-refractivity contribution < 1.29 is 19.0 Å². The van der Waals surface area contributed by atoms with E-state index >= 15 is 0 Å². The van der Waals surface area contributed by atoms with Crippen LogP contribution in [0, 0.1) is 5.92 Å². The summed E-state index contributed by atoms with van der Waals surface area (Å²) in [4.78, 5) is 11.2. The molecule has 1 aliphatic heterocycles. The van der Waals surface area contributed by atoms with Crippen molar-refractivity contribution in [2.45, 2.75) is 26.1 Å². The first-order valence-corrected chi connectivity index (χ1v) is 4.64. The highest BCUT2D eigenvalue weighted by atomic mass is 16.7. The second kappa shape index (κ2) is 4.00. The van der Waals surface area contributed by atoms with Crippen LogP contribution in [-0.2, 0) is 19.0 Å². The Kier molecular flexibility index (Phi) is 3.16. The van der Waals surface area contributed by atoms with Crippen molar-refractivity contribution in [2.24, 2.45) is 5.92 Å². The second-order valence-corrected chi connectivity index (χ2v) is 3.28. The fraction of sp³-hybridized carbons (Fsp3) is 0.700. The lowest BCUT2D eigenvalue weighted by Gasteiger charge is -2.30. The SMILES string of the molecule is CCC1(OC)OC(C(=O)OC)=CC1C. The van der Waals surface area contributed by atoms with E-state index in [1.54, 1.807) is 13.2 Å². The summed E-state index contributed by atoms with van der Waals surface area (Å²) in [6.45, 7) is 3.90. The number of carbonyl (C=O) groups excluding carboxylic acids is 1. The standard InChI is InChI=1S/C10H16O4/c1-5-10(13-4)7(2)6-8(14-10)9(11)12-3/h6-7H,5H2,1-4H3. The third-order valence-electron chi connectivity index (χ3n) is 2.60. The van der Waals surface area contributed by atoms with E-state index in [2.05, 4.69) is 4.74 Å². The molecule has 0 saturated heterocycles. The molecule has 2 atom stereocenters. The minimum atomic E-state index is -0.705. The predicted molar refractivity (Wildman–Crippen MR) is 50.4 cm³/mol. The van der Waals surface area contributed by atoms with Gasteiger partial charge in [-0.15, -0.1) is 0 Å². The van der Waals surface area contributed by atoms with Gasteiger partial charge in [0.1, 0.15) is 0 Å². The number of esters is 1. The molecular weight excluding hydrogens is 184 g/mol. The maximum Gasteiger partial charge on any atom is 0.373 e. The number of rotatable bonds is 3. The zero-order chi connectivity index (χ0) is 10.8. The normalized spacial score (nSPS) is 30.9. The number of ether oxygens (including phenoxy) is 3. The minimum absolute atomic E-state index is 0.0478. The summed E-state index contributed by atoms with van der Waals surface area (Å²) >= 11 is 0. The van der Waals surface area contributed by atoms with Gasteiger partial charge in [-0.25, -0.2) is 4.79 Å². The first kappa shape index (κ1) is 11.0. The van der Waals surface area contributed by atoms with Crippen molar-refractivity contribution in [2.75, 3.05) is 14.2 Å². The van der Waals surface area contributed by atoms with Crippen molar-refractivity contribution in [3.05, 3.63) is 11.8 Å². The van der Waals surface area contributed by atoms with Crippen LogP contribution in [0.4, 0.5) is 0 Å². The van der Waals surface area contributed by atoms with Crippen LogP contribution in [0.2, 0.25) is 0 Å². The third kappa shape index (κ3) is 1.62. The Morgan fingerprint density at radius 1 is 1.64 bits per heavy atom. The van der Waals surface area contributed by atoms with Crippen molar-refractivity contribution >= 4 is 5.97 Å². The quantitative estimate of drug-likeness (QED) is 0.647.